The van der Waals surface area contributed by atoms with Crippen molar-refractivity contribution in [2.45, 2.75) is 32.6 Å². The van der Waals surface area contributed by atoms with Crippen LogP contribution in [0.4, 0.5) is 0 Å². The van der Waals surface area contributed by atoms with Gasteiger partial charge in [-0.2, -0.15) is 0 Å². The van der Waals surface area contributed by atoms with Crippen molar-refractivity contribution >= 4 is 11.3 Å². The van der Waals surface area contributed by atoms with Gasteiger partial charge in [0.05, 0.1) is 11.2 Å². The Hall–Kier alpha value is -0.450. The molecule has 1 N–H and O–H groups in total. The van der Waals surface area contributed by atoms with Crippen molar-refractivity contribution in [3.05, 3.63) is 16.1 Å². The van der Waals surface area contributed by atoms with Crippen molar-refractivity contribution in [2.75, 3.05) is 26.8 Å². The summed E-state index contributed by atoms with van der Waals surface area (Å²) in [7, 11) is 2.05. The third kappa shape index (κ3) is 3.27. The fraction of sp³-hybridized carbons (Fsp3) is 0.769. The molecule has 1 aliphatic heterocycles. The second kappa shape index (κ2) is 5.94. The van der Waals surface area contributed by atoms with Crippen LogP contribution >= 0.6 is 11.3 Å². The number of rotatable bonds is 5. The fourth-order valence-corrected chi connectivity index (χ4v) is 3.42. The van der Waals surface area contributed by atoms with Crippen LogP contribution < -0.4 is 5.32 Å². The van der Waals surface area contributed by atoms with E-state index in [0.29, 0.717) is 5.41 Å². The van der Waals surface area contributed by atoms with E-state index in [-0.39, 0.29) is 0 Å². The first kappa shape index (κ1) is 13.0. The lowest BCUT2D eigenvalue weighted by molar-refractivity contribution is 0.0115. The maximum absolute atomic E-state index is 5.49. The van der Waals surface area contributed by atoms with Crippen molar-refractivity contribution < 1.29 is 4.74 Å². The SMILES string of the molecule is CNCC1(CCc2scnc2C)CCOCC1. The molecule has 0 bridgehead atoms. The Morgan fingerprint density at radius 3 is 2.82 bits per heavy atom. The van der Waals surface area contributed by atoms with Crippen molar-refractivity contribution in [1.29, 1.82) is 0 Å². The molecule has 0 spiro atoms. The molecule has 1 aliphatic rings. The molecule has 4 heteroatoms. The van der Waals surface area contributed by atoms with Crippen LogP contribution in [0.1, 0.15) is 29.8 Å². The van der Waals surface area contributed by atoms with Crippen molar-refractivity contribution in [2.24, 2.45) is 5.41 Å². The van der Waals surface area contributed by atoms with E-state index in [4.69, 9.17) is 4.74 Å². The Kier molecular flexibility index (Phi) is 4.54. The maximum Gasteiger partial charge on any atom is 0.0797 e. The predicted molar refractivity (Wildman–Crippen MR) is 71.6 cm³/mol. The van der Waals surface area contributed by atoms with Gasteiger partial charge in [0.2, 0.25) is 0 Å². The van der Waals surface area contributed by atoms with Gasteiger partial charge in [-0.1, -0.05) is 0 Å². The summed E-state index contributed by atoms with van der Waals surface area (Å²) in [6.07, 6.45) is 4.79. The van der Waals surface area contributed by atoms with E-state index < -0.39 is 0 Å². The van der Waals surface area contributed by atoms with Crippen molar-refractivity contribution in [3.63, 3.8) is 0 Å². The number of hydrogen-bond donors (Lipinski definition) is 1. The smallest absolute Gasteiger partial charge is 0.0797 e. The summed E-state index contributed by atoms with van der Waals surface area (Å²) in [5.74, 6) is 0. The van der Waals surface area contributed by atoms with Crippen LogP contribution in [0.15, 0.2) is 5.51 Å². The molecule has 2 heterocycles. The number of aromatic nitrogens is 1. The minimum Gasteiger partial charge on any atom is -0.381 e. The van der Waals surface area contributed by atoms with Gasteiger partial charge < -0.3 is 10.1 Å². The highest BCUT2D eigenvalue weighted by Gasteiger charge is 2.31. The minimum atomic E-state index is 0.434. The average molecular weight is 254 g/mol. The summed E-state index contributed by atoms with van der Waals surface area (Å²) < 4.78 is 5.49. The first-order valence-corrected chi connectivity index (χ1v) is 7.25. The molecular weight excluding hydrogens is 232 g/mol. The number of ether oxygens (including phenoxy) is 1. The molecule has 0 amide bonds. The van der Waals surface area contributed by atoms with Gasteiger partial charge >= 0.3 is 0 Å². The highest BCUT2D eigenvalue weighted by atomic mass is 32.1. The molecule has 1 aromatic heterocycles. The average Bonchev–Trinajstić information content (AvgIpc) is 2.74. The quantitative estimate of drug-likeness (QED) is 0.876. The Balaban J connectivity index is 1.95. The topological polar surface area (TPSA) is 34.2 Å². The number of nitrogens with one attached hydrogen (secondary N) is 1. The van der Waals surface area contributed by atoms with Gasteiger partial charge in [-0.25, -0.2) is 4.98 Å². The van der Waals surface area contributed by atoms with Crippen LogP contribution in [0.2, 0.25) is 0 Å². The Morgan fingerprint density at radius 1 is 1.47 bits per heavy atom. The summed E-state index contributed by atoms with van der Waals surface area (Å²) >= 11 is 1.79. The second-order valence-corrected chi connectivity index (χ2v) is 5.94. The zero-order chi connectivity index (χ0) is 12.1. The van der Waals surface area contributed by atoms with Gasteiger partial charge in [0.15, 0.2) is 0 Å². The Bertz CT molecular complexity index is 339. The second-order valence-electron chi connectivity index (χ2n) is 5.00. The first-order chi connectivity index (χ1) is 8.26. The van der Waals surface area contributed by atoms with Gasteiger partial charge in [-0.3, -0.25) is 0 Å². The lowest BCUT2D eigenvalue weighted by Crippen LogP contribution is -2.38. The van der Waals surface area contributed by atoms with E-state index in [2.05, 4.69) is 24.3 Å². The molecule has 2 rings (SSSR count). The molecule has 17 heavy (non-hydrogen) atoms. The summed E-state index contributed by atoms with van der Waals surface area (Å²) in [4.78, 5) is 5.78. The molecule has 1 aromatic rings. The van der Waals surface area contributed by atoms with E-state index in [1.807, 2.05) is 5.51 Å². The minimum absolute atomic E-state index is 0.434. The van der Waals surface area contributed by atoms with E-state index >= 15 is 0 Å². The van der Waals surface area contributed by atoms with E-state index in [1.54, 1.807) is 11.3 Å². The monoisotopic (exact) mass is 254 g/mol. The summed E-state index contributed by atoms with van der Waals surface area (Å²) in [6, 6.07) is 0. The van der Waals surface area contributed by atoms with Crippen LogP contribution in [0, 0.1) is 12.3 Å². The largest absolute Gasteiger partial charge is 0.381 e. The fourth-order valence-electron chi connectivity index (χ4n) is 2.64. The molecule has 1 fully saturated rings. The van der Waals surface area contributed by atoms with Crippen LogP contribution in [0.3, 0.4) is 0 Å². The Morgan fingerprint density at radius 2 is 2.24 bits per heavy atom. The van der Waals surface area contributed by atoms with Gasteiger partial charge in [0.25, 0.3) is 0 Å². The molecule has 0 radical (unpaired) electrons. The lowest BCUT2D eigenvalue weighted by Gasteiger charge is -2.37. The third-order valence-corrected chi connectivity index (χ3v) is 4.83. The standard InChI is InChI=1S/C13H22N2OS/c1-11-12(17-10-15-11)3-4-13(9-14-2)5-7-16-8-6-13/h10,14H,3-9H2,1-2H3. The highest BCUT2D eigenvalue weighted by molar-refractivity contribution is 7.09. The summed E-state index contributed by atoms with van der Waals surface area (Å²) in [5.41, 5.74) is 3.60. The lowest BCUT2D eigenvalue weighted by atomic mass is 9.76. The van der Waals surface area contributed by atoms with Gasteiger partial charge in [0.1, 0.15) is 0 Å². The number of hydrogen-bond acceptors (Lipinski definition) is 4. The van der Waals surface area contributed by atoms with Crippen molar-refractivity contribution in [1.82, 2.24) is 10.3 Å². The van der Waals surface area contributed by atoms with Gasteiger partial charge in [-0.05, 0) is 45.1 Å². The van der Waals surface area contributed by atoms with E-state index in [1.165, 1.54) is 29.8 Å². The summed E-state index contributed by atoms with van der Waals surface area (Å²) in [6.45, 7) is 5.06. The van der Waals surface area contributed by atoms with E-state index in [0.717, 1.165) is 26.2 Å². The first-order valence-electron chi connectivity index (χ1n) is 6.37. The normalized spacial score (nSPS) is 19.4. The van der Waals surface area contributed by atoms with Crippen LogP contribution in [-0.2, 0) is 11.2 Å². The maximum atomic E-state index is 5.49. The number of nitrogens with zero attached hydrogens (tertiary/aromatic N) is 1. The van der Waals surface area contributed by atoms with Crippen LogP contribution in [0.25, 0.3) is 0 Å². The molecule has 96 valence electrons. The molecule has 1 saturated heterocycles. The van der Waals surface area contributed by atoms with Gasteiger partial charge in [-0.15, -0.1) is 11.3 Å². The zero-order valence-electron chi connectivity index (χ0n) is 10.8. The number of aryl methyl sites for hydroxylation is 2. The molecule has 0 aliphatic carbocycles. The van der Waals surface area contributed by atoms with Crippen molar-refractivity contribution in [3.8, 4) is 0 Å². The predicted octanol–water partition coefficient (Wildman–Crippen LogP) is 2.40. The van der Waals surface area contributed by atoms with E-state index in [9.17, 15) is 0 Å². The molecule has 0 saturated carbocycles. The zero-order valence-corrected chi connectivity index (χ0v) is 11.6. The Labute approximate surface area is 108 Å². The molecule has 0 atom stereocenters. The molecule has 0 aromatic carbocycles. The highest BCUT2D eigenvalue weighted by Crippen LogP contribution is 2.35. The third-order valence-electron chi connectivity index (χ3n) is 3.83. The number of thiazole rings is 1. The summed E-state index contributed by atoms with van der Waals surface area (Å²) in [5, 5.41) is 3.36. The van der Waals surface area contributed by atoms with Crippen LogP contribution in [0.5, 0.6) is 0 Å². The van der Waals surface area contributed by atoms with Crippen LogP contribution in [-0.4, -0.2) is 31.8 Å². The van der Waals surface area contributed by atoms with Gasteiger partial charge in [0, 0.05) is 24.6 Å². The molecule has 3 nitrogen and oxygen atoms in total. The molecule has 0 unspecified atom stereocenters. The molecular formula is C13H22N2OS.